The van der Waals surface area contributed by atoms with Gasteiger partial charge in [0.1, 0.15) is 16.9 Å². The highest BCUT2D eigenvalue weighted by atomic mass is 32.2. The Morgan fingerprint density at radius 1 is 1.19 bits per heavy atom. The Morgan fingerprint density at radius 3 is 2.61 bits per heavy atom. The van der Waals surface area contributed by atoms with Crippen molar-refractivity contribution in [2.75, 3.05) is 26.3 Å². The van der Waals surface area contributed by atoms with Crippen LogP contribution in [0.25, 0.3) is 5.69 Å². The summed E-state index contributed by atoms with van der Waals surface area (Å²) in [6.07, 6.45) is 3.22. The molecule has 1 N–H and O–H groups in total. The Kier molecular flexibility index (Phi) is 6.46. The SMILES string of the molecule is CC(NC(=O)Cc1ccc(S(=O)(=O)N2CCOCC2)s1)c1ccc(-n2cncn2)cc1. The molecule has 3 aromatic rings. The van der Waals surface area contributed by atoms with Gasteiger partial charge in [-0.25, -0.2) is 18.1 Å². The first-order valence-corrected chi connectivity index (χ1v) is 12.1. The summed E-state index contributed by atoms with van der Waals surface area (Å²) < 4.78 is 34.0. The van der Waals surface area contributed by atoms with Gasteiger partial charge in [-0.3, -0.25) is 4.79 Å². The van der Waals surface area contributed by atoms with E-state index in [4.69, 9.17) is 4.74 Å². The van der Waals surface area contributed by atoms with Gasteiger partial charge in [0.2, 0.25) is 5.91 Å². The molecule has 0 spiro atoms. The summed E-state index contributed by atoms with van der Waals surface area (Å²) in [7, 11) is -3.54. The second-order valence-electron chi connectivity index (χ2n) is 7.13. The fraction of sp³-hybridized carbons (Fsp3) is 0.350. The molecule has 1 fully saturated rings. The molecular weight excluding hydrogens is 438 g/mol. The molecule has 1 saturated heterocycles. The van der Waals surface area contributed by atoms with Gasteiger partial charge < -0.3 is 10.1 Å². The van der Waals surface area contributed by atoms with Crippen molar-refractivity contribution in [2.45, 2.75) is 23.6 Å². The standard InChI is InChI=1S/C20H23N5O4S2/c1-15(16-2-4-17(5-3-16)25-14-21-13-22-25)23-19(26)12-18-6-7-20(30-18)31(27,28)24-8-10-29-11-9-24/h2-7,13-15H,8-12H2,1H3,(H,23,26). The van der Waals surface area contributed by atoms with Crippen LogP contribution in [0.15, 0.2) is 53.3 Å². The van der Waals surface area contributed by atoms with Crippen LogP contribution in [0.3, 0.4) is 0 Å². The fourth-order valence-electron chi connectivity index (χ4n) is 3.30. The first-order valence-electron chi connectivity index (χ1n) is 9.84. The lowest BCUT2D eigenvalue weighted by Gasteiger charge is -2.25. The molecule has 164 valence electrons. The first kappa shape index (κ1) is 21.6. The van der Waals surface area contributed by atoms with Crippen molar-refractivity contribution < 1.29 is 17.9 Å². The van der Waals surface area contributed by atoms with Crippen molar-refractivity contribution in [3.05, 3.63) is 59.5 Å². The molecule has 1 aliphatic heterocycles. The van der Waals surface area contributed by atoms with Gasteiger partial charge in [-0.05, 0) is 36.8 Å². The highest BCUT2D eigenvalue weighted by molar-refractivity contribution is 7.91. The molecule has 2 aromatic heterocycles. The lowest BCUT2D eigenvalue weighted by molar-refractivity contribution is -0.121. The Bertz CT molecular complexity index is 1120. The number of rotatable bonds is 7. The van der Waals surface area contributed by atoms with Gasteiger partial charge in [0, 0.05) is 18.0 Å². The number of sulfonamides is 1. The van der Waals surface area contributed by atoms with Crippen molar-refractivity contribution in [1.82, 2.24) is 24.4 Å². The van der Waals surface area contributed by atoms with E-state index in [2.05, 4.69) is 15.4 Å². The summed E-state index contributed by atoms with van der Waals surface area (Å²) in [6, 6.07) is 10.8. The van der Waals surface area contributed by atoms with Crippen LogP contribution in [0.2, 0.25) is 0 Å². The zero-order chi connectivity index (χ0) is 21.8. The zero-order valence-electron chi connectivity index (χ0n) is 17.0. The molecule has 1 amide bonds. The molecule has 11 heteroatoms. The number of thiophene rings is 1. The summed E-state index contributed by atoms with van der Waals surface area (Å²) in [5.74, 6) is -0.162. The van der Waals surface area contributed by atoms with Crippen LogP contribution in [0, 0.1) is 0 Å². The first-order chi connectivity index (χ1) is 14.9. The van der Waals surface area contributed by atoms with Gasteiger partial charge in [-0.1, -0.05) is 12.1 Å². The van der Waals surface area contributed by atoms with Crippen molar-refractivity contribution >= 4 is 27.3 Å². The quantitative estimate of drug-likeness (QED) is 0.575. The Balaban J connectivity index is 1.35. The number of ether oxygens (including phenoxy) is 1. The second-order valence-corrected chi connectivity index (χ2v) is 10.5. The number of carbonyl (C=O) groups is 1. The highest BCUT2D eigenvalue weighted by Crippen LogP contribution is 2.26. The molecule has 1 aliphatic rings. The number of morpholine rings is 1. The third-order valence-electron chi connectivity index (χ3n) is 4.99. The molecule has 0 saturated carbocycles. The number of carbonyl (C=O) groups excluding carboxylic acids is 1. The van der Waals surface area contributed by atoms with E-state index >= 15 is 0 Å². The Hall–Kier alpha value is -2.60. The van der Waals surface area contributed by atoms with E-state index in [9.17, 15) is 13.2 Å². The summed E-state index contributed by atoms with van der Waals surface area (Å²) >= 11 is 1.14. The van der Waals surface area contributed by atoms with E-state index in [1.165, 1.54) is 10.6 Å². The molecule has 0 radical (unpaired) electrons. The van der Waals surface area contributed by atoms with E-state index in [1.54, 1.807) is 23.1 Å². The molecule has 0 bridgehead atoms. The maximum absolute atomic E-state index is 12.7. The van der Waals surface area contributed by atoms with Gasteiger partial charge in [-0.15, -0.1) is 11.3 Å². The van der Waals surface area contributed by atoms with Crippen molar-refractivity contribution in [2.24, 2.45) is 0 Å². The molecule has 4 rings (SSSR count). The molecule has 1 unspecified atom stereocenters. The number of nitrogens with zero attached hydrogens (tertiary/aromatic N) is 4. The Morgan fingerprint density at radius 2 is 1.94 bits per heavy atom. The number of aromatic nitrogens is 3. The highest BCUT2D eigenvalue weighted by Gasteiger charge is 2.28. The summed E-state index contributed by atoms with van der Waals surface area (Å²) in [6.45, 7) is 3.41. The monoisotopic (exact) mass is 461 g/mol. The van der Waals surface area contributed by atoms with E-state index in [-0.39, 0.29) is 22.6 Å². The largest absolute Gasteiger partial charge is 0.379 e. The van der Waals surface area contributed by atoms with Crippen LogP contribution in [0.1, 0.15) is 23.4 Å². The van der Waals surface area contributed by atoms with Gasteiger partial charge in [-0.2, -0.15) is 9.40 Å². The smallest absolute Gasteiger partial charge is 0.252 e. The summed E-state index contributed by atoms with van der Waals surface area (Å²) in [4.78, 5) is 17.1. The van der Waals surface area contributed by atoms with Gasteiger partial charge >= 0.3 is 0 Å². The minimum Gasteiger partial charge on any atom is -0.379 e. The maximum atomic E-state index is 12.7. The van der Waals surface area contributed by atoms with E-state index in [0.717, 1.165) is 22.6 Å². The van der Waals surface area contributed by atoms with Crippen LogP contribution in [0.4, 0.5) is 0 Å². The van der Waals surface area contributed by atoms with Crippen molar-refractivity contribution in [3.63, 3.8) is 0 Å². The number of amides is 1. The molecule has 9 nitrogen and oxygen atoms in total. The molecule has 31 heavy (non-hydrogen) atoms. The van der Waals surface area contributed by atoms with E-state index < -0.39 is 10.0 Å². The third-order valence-corrected chi connectivity index (χ3v) is 8.44. The zero-order valence-corrected chi connectivity index (χ0v) is 18.6. The van der Waals surface area contributed by atoms with Gasteiger partial charge in [0.05, 0.1) is 31.4 Å². The molecule has 1 aromatic carbocycles. The van der Waals surface area contributed by atoms with Crippen LogP contribution >= 0.6 is 11.3 Å². The predicted molar refractivity (Wildman–Crippen MR) is 116 cm³/mol. The Labute approximate surface area is 184 Å². The number of hydrogen-bond donors (Lipinski definition) is 1. The molecule has 3 heterocycles. The lowest BCUT2D eigenvalue weighted by atomic mass is 10.1. The van der Waals surface area contributed by atoms with Gasteiger partial charge in [0.25, 0.3) is 10.0 Å². The second kappa shape index (κ2) is 9.27. The predicted octanol–water partition coefficient (Wildman–Crippen LogP) is 1.77. The average molecular weight is 462 g/mol. The minimum atomic E-state index is -3.54. The van der Waals surface area contributed by atoms with E-state index in [1.807, 2.05) is 31.2 Å². The van der Waals surface area contributed by atoms with Crippen LogP contribution < -0.4 is 5.32 Å². The number of benzene rings is 1. The molecular formula is C20H23N5O4S2. The third kappa shape index (κ3) is 5.01. The fourth-order valence-corrected chi connectivity index (χ4v) is 6.21. The van der Waals surface area contributed by atoms with Crippen molar-refractivity contribution in [1.29, 1.82) is 0 Å². The van der Waals surface area contributed by atoms with Crippen LogP contribution in [-0.4, -0.2) is 59.7 Å². The van der Waals surface area contributed by atoms with Gasteiger partial charge in [0.15, 0.2) is 0 Å². The summed E-state index contributed by atoms with van der Waals surface area (Å²) in [5.41, 5.74) is 1.84. The van der Waals surface area contributed by atoms with E-state index in [0.29, 0.717) is 31.2 Å². The number of hydrogen-bond acceptors (Lipinski definition) is 7. The number of nitrogens with one attached hydrogen (secondary N) is 1. The maximum Gasteiger partial charge on any atom is 0.252 e. The van der Waals surface area contributed by atoms with Crippen LogP contribution in [-0.2, 0) is 26.0 Å². The van der Waals surface area contributed by atoms with Crippen molar-refractivity contribution in [3.8, 4) is 5.69 Å². The molecule has 0 aliphatic carbocycles. The normalized spacial score (nSPS) is 16.2. The van der Waals surface area contributed by atoms with Crippen LogP contribution in [0.5, 0.6) is 0 Å². The summed E-state index contributed by atoms with van der Waals surface area (Å²) in [5, 5.41) is 7.06. The molecule has 1 atom stereocenters. The topological polar surface area (TPSA) is 106 Å². The lowest BCUT2D eigenvalue weighted by Crippen LogP contribution is -2.40. The minimum absolute atomic E-state index is 0.130. The average Bonchev–Trinajstić information content (AvgIpc) is 3.47.